The van der Waals surface area contributed by atoms with E-state index >= 15 is 0 Å². The van der Waals surface area contributed by atoms with Gasteiger partial charge in [-0.2, -0.15) is 0 Å². The maximum Gasteiger partial charge on any atom is 0.270 e. The lowest BCUT2D eigenvalue weighted by atomic mass is 10.2. The lowest BCUT2D eigenvalue weighted by molar-refractivity contribution is 0.0780. The summed E-state index contributed by atoms with van der Waals surface area (Å²) in [5.41, 5.74) is 1.58. The summed E-state index contributed by atoms with van der Waals surface area (Å²) < 4.78 is 1.02. The van der Waals surface area contributed by atoms with E-state index in [1.807, 2.05) is 24.3 Å². The van der Waals surface area contributed by atoms with Crippen LogP contribution < -0.4 is 0 Å². The Labute approximate surface area is 119 Å². The molecule has 94 valence electrons. The van der Waals surface area contributed by atoms with Crippen molar-refractivity contribution in [2.24, 2.45) is 0 Å². The SMILES string of the molecule is CN(Cc1ccc(Br)cc1)C(=O)c1cc(Cl)c[nH]1. The van der Waals surface area contributed by atoms with Crippen LogP contribution in [0.4, 0.5) is 0 Å². The number of hydrogen-bond acceptors (Lipinski definition) is 1. The minimum Gasteiger partial charge on any atom is -0.356 e. The number of hydrogen-bond donors (Lipinski definition) is 1. The summed E-state index contributed by atoms with van der Waals surface area (Å²) in [5, 5.41) is 0.537. The summed E-state index contributed by atoms with van der Waals surface area (Å²) >= 11 is 9.16. The molecule has 0 saturated carbocycles. The van der Waals surface area contributed by atoms with Gasteiger partial charge in [-0.1, -0.05) is 39.7 Å². The monoisotopic (exact) mass is 326 g/mol. The topological polar surface area (TPSA) is 36.1 Å². The minimum absolute atomic E-state index is 0.0789. The van der Waals surface area contributed by atoms with Crippen molar-refractivity contribution in [3.63, 3.8) is 0 Å². The molecule has 0 aliphatic rings. The van der Waals surface area contributed by atoms with Crippen LogP contribution in [-0.2, 0) is 6.54 Å². The molecule has 2 aromatic rings. The van der Waals surface area contributed by atoms with Gasteiger partial charge < -0.3 is 9.88 Å². The molecular weight excluding hydrogens is 316 g/mol. The van der Waals surface area contributed by atoms with E-state index in [2.05, 4.69) is 20.9 Å². The molecule has 18 heavy (non-hydrogen) atoms. The highest BCUT2D eigenvalue weighted by molar-refractivity contribution is 9.10. The third kappa shape index (κ3) is 3.15. The lowest BCUT2D eigenvalue weighted by Crippen LogP contribution is -2.26. The summed E-state index contributed by atoms with van der Waals surface area (Å²) in [6, 6.07) is 9.51. The number of nitrogens with zero attached hydrogens (tertiary/aromatic N) is 1. The van der Waals surface area contributed by atoms with Crippen molar-refractivity contribution in [2.75, 3.05) is 7.05 Å². The zero-order valence-electron chi connectivity index (χ0n) is 9.78. The van der Waals surface area contributed by atoms with Gasteiger partial charge in [0.05, 0.1) is 5.02 Å². The van der Waals surface area contributed by atoms with Crippen LogP contribution in [0, 0.1) is 0 Å². The van der Waals surface area contributed by atoms with Crippen LogP contribution in [0.5, 0.6) is 0 Å². The second kappa shape index (κ2) is 5.59. The Kier molecular flexibility index (Phi) is 4.09. The van der Waals surface area contributed by atoms with Crippen LogP contribution in [0.3, 0.4) is 0 Å². The summed E-state index contributed by atoms with van der Waals surface area (Å²) in [7, 11) is 1.76. The van der Waals surface area contributed by atoms with Crippen LogP contribution in [0.25, 0.3) is 0 Å². The van der Waals surface area contributed by atoms with E-state index in [4.69, 9.17) is 11.6 Å². The smallest absolute Gasteiger partial charge is 0.270 e. The Morgan fingerprint density at radius 3 is 2.61 bits per heavy atom. The second-order valence-electron chi connectivity index (χ2n) is 4.02. The largest absolute Gasteiger partial charge is 0.356 e. The molecule has 0 fully saturated rings. The first-order valence-electron chi connectivity index (χ1n) is 5.40. The summed E-state index contributed by atoms with van der Waals surface area (Å²) in [4.78, 5) is 16.6. The number of benzene rings is 1. The van der Waals surface area contributed by atoms with E-state index in [9.17, 15) is 4.79 Å². The van der Waals surface area contributed by atoms with E-state index in [1.165, 1.54) is 0 Å². The van der Waals surface area contributed by atoms with Gasteiger partial charge in [0.15, 0.2) is 0 Å². The van der Waals surface area contributed by atoms with Gasteiger partial charge >= 0.3 is 0 Å². The van der Waals surface area contributed by atoms with E-state index in [0.29, 0.717) is 17.3 Å². The van der Waals surface area contributed by atoms with E-state index in [0.717, 1.165) is 10.0 Å². The molecule has 3 nitrogen and oxygen atoms in total. The predicted octanol–water partition coefficient (Wildman–Crippen LogP) is 3.70. The summed E-state index contributed by atoms with van der Waals surface area (Å²) in [5.74, 6) is -0.0789. The van der Waals surface area contributed by atoms with Crippen LogP contribution in [-0.4, -0.2) is 22.8 Å². The molecule has 1 aromatic heterocycles. The molecule has 0 aliphatic carbocycles. The Balaban J connectivity index is 2.05. The maximum absolute atomic E-state index is 12.1. The molecule has 0 spiro atoms. The number of H-pyrrole nitrogens is 1. The number of carbonyl (C=O) groups excluding carboxylic acids is 1. The quantitative estimate of drug-likeness (QED) is 0.916. The molecule has 0 unspecified atom stereocenters. The first-order valence-corrected chi connectivity index (χ1v) is 6.57. The van der Waals surface area contributed by atoms with Crippen LogP contribution >= 0.6 is 27.5 Å². The molecule has 1 amide bonds. The Morgan fingerprint density at radius 2 is 2.06 bits per heavy atom. The standard InChI is InChI=1S/C13H12BrClN2O/c1-17(8-9-2-4-10(14)5-3-9)13(18)12-6-11(15)7-16-12/h2-7,16H,8H2,1H3. The fraction of sp³-hybridized carbons (Fsp3) is 0.154. The van der Waals surface area contributed by atoms with Gasteiger partial charge in [0.25, 0.3) is 5.91 Å². The predicted molar refractivity (Wildman–Crippen MR) is 75.7 cm³/mol. The van der Waals surface area contributed by atoms with Gasteiger partial charge in [-0.05, 0) is 23.8 Å². The van der Waals surface area contributed by atoms with Crippen molar-refractivity contribution < 1.29 is 4.79 Å². The Hall–Kier alpha value is -1.26. The zero-order chi connectivity index (χ0) is 13.1. The van der Waals surface area contributed by atoms with Crippen molar-refractivity contribution in [3.05, 3.63) is 57.3 Å². The Morgan fingerprint density at radius 1 is 1.39 bits per heavy atom. The second-order valence-corrected chi connectivity index (χ2v) is 5.37. The fourth-order valence-electron chi connectivity index (χ4n) is 1.63. The molecule has 5 heteroatoms. The highest BCUT2D eigenvalue weighted by Gasteiger charge is 2.13. The van der Waals surface area contributed by atoms with Gasteiger partial charge in [-0.3, -0.25) is 4.79 Å². The summed E-state index contributed by atoms with van der Waals surface area (Å²) in [6.45, 7) is 0.558. The van der Waals surface area contributed by atoms with Crippen molar-refractivity contribution in [2.45, 2.75) is 6.54 Å². The average molecular weight is 328 g/mol. The molecule has 1 aromatic carbocycles. The van der Waals surface area contributed by atoms with E-state index in [-0.39, 0.29) is 5.91 Å². The van der Waals surface area contributed by atoms with Crippen molar-refractivity contribution >= 4 is 33.4 Å². The first-order chi connectivity index (χ1) is 8.56. The van der Waals surface area contributed by atoms with Crippen molar-refractivity contribution in [1.82, 2.24) is 9.88 Å². The van der Waals surface area contributed by atoms with E-state index in [1.54, 1.807) is 24.2 Å². The Bertz CT molecular complexity index is 550. The number of rotatable bonds is 3. The van der Waals surface area contributed by atoms with E-state index < -0.39 is 0 Å². The molecule has 0 aliphatic heterocycles. The van der Waals surface area contributed by atoms with Gasteiger partial charge in [0.1, 0.15) is 5.69 Å². The highest BCUT2D eigenvalue weighted by atomic mass is 79.9. The lowest BCUT2D eigenvalue weighted by Gasteiger charge is -2.16. The van der Waals surface area contributed by atoms with Crippen molar-refractivity contribution in [1.29, 1.82) is 0 Å². The fourth-order valence-corrected chi connectivity index (χ4v) is 2.06. The molecule has 1 N–H and O–H groups in total. The summed E-state index contributed by atoms with van der Waals surface area (Å²) in [6.07, 6.45) is 1.60. The normalized spacial score (nSPS) is 10.4. The molecule has 0 saturated heterocycles. The molecule has 0 radical (unpaired) electrons. The van der Waals surface area contributed by atoms with Gasteiger partial charge in [-0.15, -0.1) is 0 Å². The number of amides is 1. The van der Waals surface area contributed by atoms with Gasteiger partial charge in [0, 0.05) is 24.3 Å². The molecule has 0 atom stereocenters. The van der Waals surface area contributed by atoms with Gasteiger partial charge in [0.2, 0.25) is 0 Å². The maximum atomic E-state index is 12.1. The minimum atomic E-state index is -0.0789. The number of halogens is 2. The number of nitrogens with one attached hydrogen (secondary N) is 1. The third-order valence-electron chi connectivity index (χ3n) is 2.56. The third-order valence-corrected chi connectivity index (χ3v) is 3.30. The number of aromatic nitrogens is 1. The molecular formula is C13H12BrClN2O. The number of aromatic amines is 1. The highest BCUT2D eigenvalue weighted by Crippen LogP contribution is 2.14. The zero-order valence-corrected chi connectivity index (χ0v) is 12.1. The molecule has 2 rings (SSSR count). The molecule has 0 bridgehead atoms. The van der Waals surface area contributed by atoms with Crippen LogP contribution in [0.2, 0.25) is 5.02 Å². The number of carbonyl (C=O) groups is 1. The van der Waals surface area contributed by atoms with Crippen LogP contribution in [0.1, 0.15) is 16.1 Å². The first kappa shape index (κ1) is 13.2. The molecule has 1 heterocycles. The van der Waals surface area contributed by atoms with Crippen molar-refractivity contribution in [3.8, 4) is 0 Å². The van der Waals surface area contributed by atoms with Gasteiger partial charge in [-0.25, -0.2) is 0 Å². The van der Waals surface area contributed by atoms with Crippen LogP contribution in [0.15, 0.2) is 41.0 Å². The average Bonchev–Trinajstić information content (AvgIpc) is 2.78.